The Kier molecular flexibility index (Phi) is 3.02. The molecule has 0 aliphatic heterocycles. The van der Waals surface area contributed by atoms with Gasteiger partial charge in [-0.3, -0.25) is 0 Å². The summed E-state index contributed by atoms with van der Waals surface area (Å²) in [6.07, 6.45) is 3.84. The van der Waals surface area contributed by atoms with Gasteiger partial charge in [-0.1, -0.05) is 30.3 Å². The van der Waals surface area contributed by atoms with Crippen molar-refractivity contribution >= 4 is 0 Å². The molecule has 3 rings (SSSR count). The Hall–Kier alpha value is -2.55. The second kappa shape index (κ2) is 4.98. The zero-order valence-corrected chi connectivity index (χ0v) is 10.7. The third-order valence-corrected chi connectivity index (χ3v) is 3.00. The summed E-state index contributed by atoms with van der Waals surface area (Å²) in [6, 6.07) is 18.0. The summed E-state index contributed by atoms with van der Waals surface area (Å²) < 4.78 is 7.24. The van der Waals surface area contributed by atoms with Gasteiger partial charge in [0.2, 0.25) is 0 Å². The minimum Gasteiger partial charge on any atom is -0.497 e. The Labute approximate surface area is 112 Å². The minimum atomic E-state index is 0.840. The summed E-state index contributed by atoms with van der Waals surface area (Å²) in [5.74, 6) is 0.840. The largest absolute Gasteiger partial charge is 0.497 e. The molecular formula is C16H14N2O. The molecule has 0 aliphatic rings. The third-order valence-electron chi connectivity index (χ3n) is 3.00. The molecule has 0 atom stereocenters. The molecule has 1 heterocycles. The van der Waals surface area contributed by atoms with E-state index in [9.17, 15) is 0 Å². The monoisotopic (exact) mass is 250 g/mol. The first-order chi connectivity index (χ1) is 9.36. The number of hydrogen-bond acceptors (Lipinski definition) is 2. The van der Waals surface area contributed by atoms with E-state index in [1.807, 2.05) is 59.6 Å². The minimum absolute atomic E-state index is 0.840. The molecule has 2 aromatic carbocycles. The highest BCUT2D eigenvalue weighted by atomic mass is 16.5. The second-order valence-electron chi connectivity index (χ2n) is 4.23. The van der Waals surface area contributed by atoms with E-state index in [1.54, 1.807) is 7.11 Å². The van der Waals surface area contributed by atoms with Crippen molar-refractivity contribution in [2.45, 2.75) is 0 Å². The molecule has 0 radical (unpaired) electrons. The van der Waals surface area contributed by atoms with Crippen LogP contribution in [0.2, 0.25) is 0 Å². The van der Waals surface area contributed by atoms with E-state index >= 15 is 0 Å². The third kappa shape index (κ3) is 2.36. The van der Waals surface area contributed by atoms with Crippen LogP contribution in [0.1, 0.15) is 0 Å². The highest BCUT2D eigenvalue weighted by molar-refractivity contribution is 5.61. The van der Waals surface area contributed by atoms with Gasteiger partial charge in [-0.05, 0) is 24.3 Å². The molecule has 0 N–H and O–H groups in total. The lowest BCUT2D eigenvalue weighted by Gasteiger charge is -2.02. The topological polar surface area (TPSA) is 27.1 Å². The Bertz CT molecular complexity index is 674. The van der Waals surface area contributed by atoms with Crippen molar-refractivity contribution in [2.75, 3.05) is 7.11 Å². The maximum atomic E-state index is 5.23. The second-order valence-corrected chi connectivity index (χ2v) is 4.23. The average molecular weight is 250 g/mol. The highest BCUT2D eigenvalue weighted by Crippen LogP contribution is 2.23. The molecule has 0 saturated carbocycles. The van der Waals surface area contributed by atoms with Crippen LogP contribution in [0, 0.1) is 0 Å². The molecule has 0 unspecified atom stereocenters. The number of nitrogens with zero attached hydrogens (tertiary/aromatic N) is 2. The number of rotatable bonds is 3. The van der Waals surface area contributed by atoms with Crippen LogP contribution in [0.3, 0.4) is 0 Å². The Morgan fingerprint density at radius 3 is 2.63 bits per heavy atom. The lowest BCUT2D eigenvalue weighted by Crippen LogP contribution is -1.88. The zero-order valence-electron chi connectivity index (χ0n) is 10.7. The SMILES string of the molecule is COc1cccc(-c2cn(-c3ccccc3)cn2)c1. The van der Waals surface area contributed by atoms with Crippen molar-refractivity contribution < 1.29 is 4.74 Å². The van der Waals surface area contributed by atoms with Gasteiger partial charge in [0.15, 0.2) is 0 Å². The Morgan fingerprint density at radius 1 is 1.00 bits per heavy atom. The van der Waals surface area contributed by atoms with Gasteiger partial charge in [-0.15, -0.1) is 0 Å². The fourth-order valence-corrected chi connectivity index (χ4v) is 2.00. The van der Waals surface area contributed by atoms with E-state index < -0.39 is 0 Å². The zero-order chi connectivity index (χ0) is 13.1. The van der Waals surface area contributed by atoms with Gasteiger partial charge in [0.05, 0.1) is 19.1 Å². The summed E-state index contributed by atoms with van der Waals surface area (Å²) in [5, 5.41) is 0. The summed E-state index contributed by atoms with van der Waals surface area (Å²) in [5.41, 5.74) is 3.08. The lowest BCUT2D eigenvalue weighted by atomic mass is 10.1. The number of methoxy groups -OCH3 is 1. The quantitative estimate of drug-likeness (QED) is 0.710. The van der Waals surface area contributed by atoms with E-state index in [-0.39, 0.29) is 0 Å². The van der Waals surface area contributed by atoms with Gasteiger partial charge in [-0.25, -0.2) is 4.98 Å². The van der Waals surface area contributed by atoms with Gasteiger partial charge in [-0.2, -0.15) is 0 Å². The fourth-order valence-electron chi connectivity index (χ4n) is 2.00. The van der Waals surface area contributed by atoms with Gasteiger partial charge in [0.25, 0.3) is 0 Å². The van der Waals surface area contributed by atoms with Crippen molar-refractivity contribution in [2.24, 2.45) is 0 Å². The maximum Gasteiger partial charge on any atom is 0.119 e. The molecule has 0 aliphatic carbocycles. The van der Waals surface area contributed by atoms with Crippen LogP contribution < -0.4 is 4.74 Å². The predicted octanol–water partition coefficient (Wildman–Crippen LogP) is 3.55. The number of ether oxygens (including phenoxy) is 1. The van der Waals surface area contributed by atoms with Gasteiger partial charge >= 0.3 is 0 Å². The molecule has 0 fully saturated rings. The molecule has 1 aromatic heterocycles. The molecule has 0 bridgehead atoms. The normalized spacial score (nSPS) is 10.4. The van der Waals surface area contributed by atoms with Crippen LogP contribution in [0.15, 0.2) is 67.1 Å². The Morgan fingerprint density at radius 2 is 1.84 bits per heavy atom. The van der Waals surface area contributed by atoms with Crippen LogP contribution in [0.25, 0.3) is 16.9 Å². The van der Waals surface area contributed by atoms with Crippen LogP contribution >= 0.6 is 0 Å². The number of para-hydroxylation sites is 1. The predicted molar refractivity (Wildman–Crippen MR) is 75.6 cm³/mol. The van der Waals surface area contributed by atoms with Crippen molar-refractivity contribution in [1.82, 2.24) is 9.55 Å². The van der Waals surface area contributed by atoms with E-state index in [2.05, 4.69) is 17.1 Å². The number of hydrogen-bond donors (Lipinski definition) is 0. The molecule has 0 amide bonds. The molecule has 0 saturated heterocycles. The fraction of sp³-hybridized carbons (Fsp3) is 0.0625. The molecule has 3 aromatic rings. The number of benzene rings is 2. The summed E-state index contributed by atoms with van der Waals surface area (Å²) >= 11 is 0. The highest BCUT2D eigenvalue weighted by Gasteiger charge is 2.04. The first-order valence-electron chi connectivity index (χ1n) is 6.10. The smallest absolute Gasteiger partial charge is 0.119 e. The number of imidazole rings is 1. The van der Waals surface area contributed by atoms with Crippen molar-refractivity contribution in [3.63, 3.8) is 0 Å². The molecular weight excluding hydrogens is 236 g/mol. The van der Waals surface area contributed by atoms with Crippen LogP contribution in [-0.4, -0.2) is 16.7 Å². The first kappa shape index (κ1) is 11.5. The van der Waals surface area contributed by atoms with Gasteiger partial charge in [0, 0.05) is 17.4 Å². The average Bonchev–Trinajstić information content (AvgIpc) is 2.98. The molecule has 3 nitrogen and oxygen atoms in total. The summed E-state index contributed by atoms with van der Waals surface area (Å²) in [4.78, 5) is 4.45. The van der Waals surface area contributed by atoms with Crippen LogP contribution in [0.5, 0.6) is 5.75 Å². The van der Waals surface area contributed by atoms with Crippen molar-refractivity contribution in [1.29, 1.82) is 0 Å². The van der Waals surface area contributed by atoms with Gasteiger partial charge < -0.3 is 9.30 Å². The standard InChI is InChI=1S/C16H14N2O/c1-19-15-9-5-6-13(10-15)16-11-18(12-17-16)14-7-3-2-4-8-14/h2-12H,1H3. The van der Waals surface area contributed by atoms with E-state index in [0.717, 1.165) is 22.7 Å². The molecule has 94 valence electrons. The van der Waals surface area contributed by atoms with E-state index in [4.69, 9.17) is 4.74 Å². The molecule has 3 heteroatoms. The van der Waals surface area contributed by atoms with E-state index in [0.29, 0.717) is 0 Å². The summed E-state index contributed by atoms with van der Waals surface area (Å²) in [7, 11) is 1.67. The number of aromatic nitrogens is 2. The van der Waals surface area contributed by atoms with Crippen LogP contribution in [0.4, 0.5) is 0 Å². The van der Waals surface area contributed by atoms with Crippen LogP contribution in [-0.2, 0) is 0 Å². The van der Waals surface area contributed by atoms with Crippen molar-refractivity contribution in [3.8, 4) is 22.7 Å². The van der Waals surface area contributed by atoms with Crippen molar-refractivity contribution in [3.05, 3.63) is 67.1 Å². The maximum absolute atomic E-state index is 5.23. The molecule has 0 spiro atoms. The Balaban J connectivity index is 1.97. The first-order valence-corrected chi connectivity index (χ1v) is 6.10. The van der Waals surface area contributed by atoms with Gasteiger partial charge in [0.1, 0.15) is 5.75 Å². The van der Waals surface area contributed by atoms with E-state index in [1.165, 1.54) is 0 Å². The molecule has 19 heavy (non-hydrogen) atoms. The summed E-state index contributed by atoms with van der Waals surface area (Å²) in [6.45, 7) is 0. The lowest BCUT2D eigenvalue weighted by molar-refractivity contribution is 0.415.